The first-order valence-corrected chi connectivity index (χ1v) is 11.6. The maximum atomic E-state index is 5.87. The van der Waals surface area contributed by atoms with E-state index in [0.717, 1.165) is 22.6 Å². The number of anilines is 1. The minimum atomic E-state index is 0.444. The van der Waals surface area contributed by atoms with Crippen molar-refractivity contribution in [2.24, 2.45) is 0 Å². The van der Waals surface area contributed by atoms with Crippen molar-refractivity contribution in [1.82, 2.24) is 4.90 Å². The third-order valence-corrected chi connectivity index (χ3v) is 5.98. The lowest BCUT2D eigenvalue weighted by molar-refractivity contribution is 0.341. The largest absolute Gasteiger partial charge is 0.497 e. The van der Waals surface area contributed by atoms with Gasteiger partial charge in [0.05, 0.1) is 48.3 Å². The smallest absolute Gasteiger partial charge is 0.174 e. The van der Waals surface area contributed by atoms with Gasteiger partial charge in [0.25, 0.3) is 0 Å². The van der Waals surface area contributed by atoms with Crippen molar-refractivity contribution in [1.29, 1.82) is 0 Å². The van der Waals surface area contributed by atoms with Crippen LogP contribution in [0, 0.1) is 0 Å². The van der Waals surface area contributed by atoms with E-state index < -0.39 is 0 Å². The highest BCUT2D eigenvalue weighted by Gasteiger charge is 2.19. The molecular formula is C27H32N2O6S. The summed E-state index contributed by atoms with van der Waals surface area (Å²) in [7, 11) is 9.68. The Bertz CT molecular complexity index is 1170. The van der Waals surface area contributed by atoms with Gasteiger partial charge >= 0.3 is 0 Å². The SMILES string of the molecule is COc1ccc(CN(Cc2cc(OC)c(OC)cc2OC)C(=S)Nc2ccc(OC)cc2OC)cc1. The molecule has 0 atom stereocenters. The summed E-state index contributed by atoms with van der Waals surface area (Å²) in [5, 5.41) is 3.83. The maximum absolute atomic E-state index is 5.87. The summed E-state index contributed by atoms with van der Waals surface area (Å²) in [5.74, 6) is 3.95. The molecule has 192 valence electrons. The zero-order valence-electron chi connectivity index (χ0n) is 21.4. The lowest BCUT2D eigenvalue weighted by Gasteiger charge is -2.28. The summed E-state index contributed by atoms with van der Waals surface area (Å²) in [6.45, 7) is 0.978. The Labute approximate surface area is 217 Å². The molecular weight excluding hydrogens is 480 g/mol. The van der Waals surface area contributed by atoms with Crippen LogP contribution in [0.3, 0.4) is 0 Å². The van der Waals surface area contributed by atoms with Gasteiger partial charge in [-0.15, -0.1) is 0 Å². The van der Waals surface area contributed by atoms with Gasteiger partial charge in [-0.2, -0.15) is 0 Å². The first kappa shape index (κ1) is 26.7. The summed E-state index contributed by atoms with van der Waals surface area (Å²) in [4.78, 5) is 2.03. The number of nitrogens with zero attached hydrogens (tertiary/aromatic N) is 1. The van der Waals surface area contributed by atoms with Crippen LogP contribution in [0.2, 0.25) is 0 Å². The fourth-order valence-corrected chi connectivity index (χ4v) is 3.91. The van der Waals surface area contributed by atoms with Gasteiger partial charge in [0.1, 0.15) is 23.0 Å². The van der Waals surface area contributed by atoms with Crippen LogP contribution in [0.15, 0.2) is 54.6 Å². The third-order valence-electron chi connectivity index (χ3n) is 5.62. The zero-order chi connectivity index (χ0) is 26.1. The summed E-state index contributed by atoms with van der Waals surface area (Å²) < 4.78 is 32.8. The molecule has 8 nitrogen and oxygen atoms in total. The Morgan fingerprint density at radius 2 is 1.22 bits per heavy atom. The van der Waals surface area contributed by atoms with Crippen LogP contribution in [-0.2, 0) is 13.1 Å². The lowest BCUT2D eigenvalue weighted by atomic mass is 10.1. The molecule has 9 heteroatoms. The summed E-state index contributed by atoms with van der Waals surface area (Å²) in [6.07, 6.45) is 0. The number of rotatable bonds is 11. The fourth-order valence-electron chi connectivity index (χ4n) is 3.67. The van der Waals surface area contributed by atoms with Crippen LogP contribution >= 0.6 is 12.2 Å². The standard InChI is InChI=1S/C27H32N2O6S/c1-30-20-9-7-18(8-10-20)16-29(17-19-13-25(34-5)26(35-6)15-23(19)32-3)27(36)28-22-12-11-21(31-2)14-24(22)33-4/h7-15H,16-17H2,1-6H3,(H,28,36). The number of nitrogens with one attached hydrogen (secondary N) is 1. The Morgan fingerprint density at radius 3 is 1.81 bits per heavy atom. The monoisotopic (exact) mass is 512 g/mol. The van der Waals surface area contributed by atoms with E-state index in [4.69, 9.17) is 40.6 Å². The molecule has 3 aromatic carbocycles. The van der Waals surface area contributed by atoms with Crippen molar-refractivity contribution in [2.75, 3.05) is 48.0 Å². The molecule has 0 amide bonds. The summed E-state index contributed by atoms with van der Waals surface area (Å²) in [5.41, 5.74) is 2.66. The van der Waals surface area contributed by atoms with Gasteiger partial charge in [-0.3, -0.25) is 0 Å². The van der Waals surface area contributed by atoms with Crippen LogP contribution in [0.1, 0.15) is 11.1 Å². The molecule has 36 heavy (non-hydrogen) atoms. The number of methoxy groups -OCH3 is 6. The van der Waals surface area contributed by atoms with Crippen LogP contribution in [0.5, 0.6) is 34.5 Å². The second-order valence-electron chi connectivity index (χ2n) is 7.72. The van der Waals surface area contributed by atoms with Gasteiger partial charge in [0.2, 0.25) is 0 Å². The molecule has 1 N–H and O–H groups in total. The second-order valence-corrected chi connectivity index (χ2v) is 8.11. The minimum absolute atomic E-state index is 0.444. The van der Waals surface area contributed by atoms with Crippen LogP contribution < -0.4 is 33.7 Å². The highest BCUT2D eigenvalue weighted by molar-refractivity contribution is 7.80. The lowest BCUT2D eigenvalue weighted by Crippen LogP contribution is -2.34. The van der Waals surface area contributed by atoms with Gasteiger partial charge in [-0.05, 0) is 48.1 Å². The highest BCUT2D eigenvalue weighted by Crippen LogP contribution is 2.36. The van der Waals surface area contributed by atoms with Crippen molar-refractivity contribution in [2.45, 2.75) is 13.1 Å². The van der Waals surface area contributed by atoms with Crippen molar-refractivity contribution in [3.63, 3.8) is 0 Å². The van der Waals surface area contributed by atoms with E-state index in [1.165, 1.54) is 0 Å². The van der Waals surface area contributed by atoms with E-state index in [1.807, 2.05) is 53.4 Å². The molecule has 0 saturated heterocycles. The van der Waals surface area contributed by atoms with Crippen molar-refractivity contribution in [3.05, 3.63) is 65.7 Å². The Balaban J connectivity index is 1.95. The molecule has 0 aliphatic heterocycles. The molecule has 0 aliphatic rings. The summed E-state index contributed by atoms with van der Waals surface area (Å²) in [6, 6.07) is 17.1. The molecule has 3 rings (SSSR count). The van der Waals surface area contributed by atoms with Crippen molar-refractivity contribution in [3.8, 4) is 34.5 Å². The van der Waals surface area contributed by atoms with Gasteiger partial charge < -0.3 is 38.6 Å². The average Bonchev–Trinajstić information content (AvgIpc) is 2.92. The van der Waals surface area contributed by atoms with Crippen molar-refractivity contribution < 1.29 is 28.4 Å². The predicted octanol–water partition coefficient (Wildman–Crippen LogP) is 5.14. The topological polar surface area (TPSA) is 70.7 Å². The molecule has 0 aliphatic carbocycles. The molecule has 0 heterocycles. The Morgan fingerprint density at radius 1 is 0.639 bits per heavy atom. The molecule has 0 unspecified atom stereocenters. The average molecular weight is 513 g/mol. The number of ether oxygens (including phenoxy) is 6. The molecule has 3 aromatic rings. The van der Waals surface area contributed by atoms with Crippen molar-refractivity contribution >= 4 is 23.0 Å². The van der Waals surface area contributed by atoms with Crippen LogP contribution in [0.25, 0.3) is 0 Å². The van der Waals surface area contributed by atoms with Gasteiger partial charge in [-0.25, -0.2) is 0 Å². The van der Waals surface area contributed by atoms with Crippen LogP contribution in [0.4, 0.5) is 5.69 Å². The van der Waals surface area contributed by atoms with E-state index >= 15 is 0 Å². The quantitative estimate of drug-likeness (QED) is 0.352. The first-order valence-electron chi connectivity index (χ1n) is 11.2. The van der Waals surface area contributed by atoms with Gasteiger partial charge in [0.15, 0.2) is 16.6 Å². The highest BCUT2D eigenvalue weighted by atomic mass is 32.1. The predicted molar refractivity (Wildman–Crippen MR) is 144 cm³/mol. The molecule has 0 bridgehead atoms. The second kappa shape index (κ2) is 12.7. The summed E-state index contributed by atoms with van der Waals surface area (Å²) >= 11 is 5.87. The Kier molecular flexibility index (Phi) is 9.46. The normalized spacial score (nSPS) is 10.3. The zero-order valence-corrected chi connectivity index (χ0v) is 22.2. The molecule has 0 fully saturated rings. The number of thiocarbonyl (C=S) groups is 1. The number of benzene rings is 3. The van der Waals surface area contributed by atoms with Gasteiger partial charge in [0, 0.05) is 30.8 Å². The number of hydrogen-bond donors (Lipinski definition) is 1. The minimum Gasteiger partial charge on any atom is -0.497 e. The number of hydrogen-bond acceptors (Lipinski definition) is 7. The molecule has 0 aromatic heterocycles. The molecule has 0 radical (unpaired) electrons. The van der Waals surface area contributed by atoms with E-state index in [2.05, 4.69) is 5.32 Å². The van der Waals surface area contributed by atoms with E-state index in [0.29, 0.717) is 46.9 Å². The van der Waals surface area contributed by atoms with E-state index in [9.17, 15) is 0 Å². The fraction of sp³-hybridized carbons (Fsp3) is 0.296. The molecule has 0 spiro atoms. The first-order chi connectivity index (χ1) is 17.5. The molecule has 0 saturated carbocycles. The van der Waals surface area contributed by atoms with Crippen LogP contribution in [-0.4, -0.2) is 52.7 Å². The maximum Gasteiger partial charge on any atom is 0.174 e. The van der Waals surface area contributed by atoms with E-state index in [-0.39, 0.29) is 0 Å². The van der Waals surface area contributed by atoms with Gasteiger partial charge in [-0.1, -0.05) is 12.1 Å². The third kappa shape index (κ3) is 6.42. The van der Waals surface area contributed by atoms with E-state index in [1.54, 1.807) is 48.7 Å². The Hall–Kier alpha value is -3.85.